The molecule has 0 aliphatic rings. The zero-order valence-corrected chi connectivity index (χ0v) is 8.66. The van der Waals surface area contributed by atoms with Gasteiger partial charge in [-0.15, -0.1) is 0 Å². The summed E-state index contributed by atoms with van der Waals surface area (Å²) in [5, 5.41) is 10.6. The first-order valence-corrected chi connectivity index (χ1v) is 4.01. The van der Waals surface area contributed by atoms with E-state index in [9.17, 15) is 9.59 Å². The summed E-state index contributed by atoms with van der Waals surface area (Å²) in [4.78, 5) is 21.5. The second-order valence-electron chi connectivity index (χ2n) is 3.60. The van der Waals surface area contributed by atoms with Crippen LogP contribution in [0.5, 0.6) is 0 Å². The molecule has 0 radical (unpaired) electrons. The zero-order valence-electron chi connectivity index (χ0n) is 8.66. The maximum absolute atomic E-state index is 11.1. The highest BCUT2D eigenvalue weighted by molar-refractivity contribution is 5.78. The lowest BCUT2D eigenvalue weighted by Gasteiger charge is -2.21. The first-order valence-electron chi connectivity index (χ1n) is 4.01. The molecule has 0 spiro atoms. The summed E-state index contributed by atoms with van der Waals surface area (Å²) < 4.78 is 9.31. The molecule has 2 N–H and O–H groups in total. The van der Waals surface area contributed by atoms with Crippen molar-refractivity contribution in [1.29, 1.82) is 0 Å². The Hall–Kier alpha value is -1.30. The molecule has 0 aromatic carbocycles. The van der Waals surface area contributed by atoms with Crippen molar-refractivity contribution in [3.8, 4) is 0 Å². The largest absolute Gasteiger partial charge is 0.478 e. The first kappa shape index (κ1) is 12.7. The quantitative estimate of drug-likeness (QED) is 0.658. The van der Waals surface area contributed by atoms with Gasteiger partial charge < -0.3 is 14.6 Å². The fourth-order valence-corrected chi connectivity index (χ4v) is 0.636. The van der Waals surface area contributed by atoms with Gasteiger partial charge in [0.1, 0.15) is 5.60 Å². The van der Waals surface area contributed by atoms with Gasteiger partial charge in [-0.1, -0.05) is 0 Å². The predicted octanol–water partition coefficient (Wildman–Crippen LogP) is 0.568. The molecule has 0 saturated heterocycles. The molecule has 1 unspecified atom stereocenters. The molecule has 0 heterocycles. The van der Waals surface area contributed by atoms with Crippen LogP contribution in [0.2, 0.25) is 0 Å². The Bertz CT molecular complexity index is 220. The maximum Gasteiger partial charge on any atom is 0.410 e. The Kier molecular flexibility index (Phi) is 4.36. The van der Waals surface area contributed by atoms with Crippen LogP contribution in [0.25, 0.3) is 0 Å². The van der Waals surface area contributed by atoms with Crippen LogP contribution in [0.1, 0.15) is 20.8 Å². The van der Waals surface area contributed by atoms with E-state index in [1.165, 1.54) is 7.11 Å². The van der Waals surface area contributed by atoms with Gasteiger partial charge in [0.15, 0.2) is 0 Å². The number of ether oxygens (including phenoxy) is 2. The summed E-state index contributed by atoms with van der Waals surface area (Å²) >= 11 is 0. The first-order chi connectivity index (χ1) is 6.26. The molecule has 1 amide bonds. The molecule has 0 aliphatic heterocycles. The average Bonchev–Trinajstić information content (AvgIpc) is 1.96. The van der Waals surface area contributed by atoms with Crippen LogP contribution >= 0.6 is 0 Å². The molecule has 0 bridgehead atoms. The van der Waals surface area contributed by atoms with E-state index in [-0.39, 0.29) is 0 Å². The number of carbonyl (C=O) groups excluding carboxylic acids is 1. The Morgan fingerprint density at radius 2 is 1.86 bits per heavy atom. The Morgan fingerprint density at radius 3 is 2.14 bits per heavy atom. The molecule has 14 heavy (non-hydrogen) atoms. The van der Waals surface area contributed by atoms with Crippen molar-refractivity contribution in [1.82, 2.24) is 5.32 Å². The molecular formula is C8H15NO5. The molecule has 0 rings (SSSR count). The smallest absolute Gasteiger partial charge is 0.410 e. The minimum absolute atomic E-state index is 0.666. The number of methoxy groups -OCH3 is 1. The number of rotatable bonds is 3. The molecule has 1 atom stereocenters. The zero-order chi connectivity index (χ0) is 11.4. The second kappa shape index (κ2) is 4.80. The van der Waals surface area contributed by atoms with Gasteiger partial charge >= 0.3 is 12.1 Å². The van der Waals surface area contributed by atoms with Crippen molar-refractivity contribution in [3.63, 3.8) is 0 Å². The van der Waals surface area contributed by atoms with Crippen LogP contribution in [0.15, 0.2) is 0 Å². The van der Waals surface area contributed by atoms with E-state index >= 15 is 0 Å². The Balaban J connectivity index is 4.11. The third kappa shape index (κ3) is 5.36. The summed E-state index contributed by atoms with van der Waals surface area (Å²) in [5.41, 5.74) is -0.666. The normalized spacial score (nSPS) is 13.1. The van der Waals surface area contributed by atoms with Crippen LogP contribution < -0.4 is 5.32 Å². The van der Waals surface area contributed by atoms with Crippen molar-refractivity contribution in [2.45, 2.75) is 32.6 Å². The minimum atomic E-state index is -1.38. The standard InChI is InChI=1S/C8H15NO5/c1-8(2,3)14-7(12)9-5(13-4)6(10)11/h5H,1-4H3,(H,9,12)(H,10,11). The van der Waals surface area contributed by atoms with Gasteiger partial charge in [-0.3, -0.25) is 5.32 Å². The topological polar surface area (TPSA) is 84.9 Å². The summed E-state index contributed by atoms with van der Waals surface area (Å²) in [6.45, 7) is 5.03. The molecule has 6 heteroatoms. The maximum atomic E-state index is 11.1. The van der Waals surface area contributed by atoms with Gasteiger partial charge in [-0.05, 0) is 20.8 Å². The van der Waals surface area contributed by atoms with Crippen LogP contribution in [0.3, 0.4) is 0 Å². The van der Waals surface area contributed by atoms with Crippen molar-refractivity contribution >= 4 is 12.1 Å². The number of aliphatic carboxylic acids is 1. The van der Waals surface area contributed by atoms with Gasteiger partial charge in [0.2, 0.25) is 6.23 Å². The SMILES string of the molecule is COC(NC(=O)OC(C)(C)C)C(=O)O. The van der Waals surface area contributed by atoms with E-state index in [1.807, 2.05) is 5.32 Å². The van der Waals surface area contributed by atoms with Crippen molar-refractivity contribution in [2.75, 3.05) is 7.11 Å². The van der Waals surface area contributed by atoms with E-state index < -0.39 is 23.9 Å². The number of carbonyl (C=O) groups is 2. The third-order valence-electron chi connectivity index (χ3n) is 1.11. The number of carboxylic acids is 1. The van der Waals surface area contributed by atoms with Crippen molar-refractivity contribution < 1.29 is 24.2 Å². The summed E-state index contributed by atoms with van der Waals surface area (Å²) in [7, 11) is 1.18. The van der Waals surface area contributed by atoms with Crippen molar-refractivity contribution in [2.24, 2.45) is 0 Å². The second-order valence-corrected chi connectivity index (χ2v) is 3.60. The summed E-state index contributed by atoms with van der Waals surface area (Å²) in [6, 6.07) is 0. The molecule has 0 aliphatic carbocycles. The van der Waals surface area contributed by atoms with Crippen molar-refractivity contribution in [3.05, 3.63) is 0 Å². The highest BCUT2D eigenvalue weighted by Gasteiger charge is 2.23. The van der Waals surface area contributed by atoms with Crippen LogP contribution in [-0.4, -0.2) is 36.1 Å². The van der Waals surface area contributed by atoms with E-state index in [2.05, 4.69) is 4.74 Å². The minimum Gasteiger partial charge on any atom is -0.478 e. The van der Waals surface area contributed by atoms with Gasteiger partial charge in [0, 0.05) is 7.11 Å². The van der Waals surface area contributed by atoms with E-state index in [0.717, 1.165) is 0 Å². The monoisotopic (exact) mass is 205 g/mol. The number of hydrogen-bond acceptors (Lipinski definition) is 4. The Labute approximate surface area is 82.2 Å². The van der Waals surface area contributed by atoms with Crippen LogP contribution in [-0.2, 0) is 14.3 Å². The fraction of sp³-hybridized carbons (Fsp3) is 0.750. The molecule has 82 valence electrons. The summed E-state index contributed by atoms with van der Waals surface area (Å²) in [5.74, 6) is -1.28. The fourth-order valence-electron chi connectivity index (χ4n) is 0.636. The molecule has 0 fully saturated rings. The number of carboxylic acid groups (broad SMARTS) is 1. The lowest BCUT2D eigenvalue weighted by molar-refractivity contribution is -0.150. The van der Waals surface area contributed by atoms with Gasteiger partial charge in [0.25, 0.3) is 0 Å². The molecule has 0 saturated carbocycles. The molecule has 0 aromatic heterocycles. The highest BCUT2D eigenvalue weighted by atomic mass is 16.6. The number of amides is 1. The number of hydrogen-bond donors (Lipinski definition) is 2. The highest BCUT2D eigenvalue weighted by Crippen LogP contribution is 2.06. The average molecular weight is 205 g/mol. The van der Waals surface area contributed by atoms with E-state index in [1.54, 1.807) is 20.8 Å². The molecule has 6 nitrogen and oxygen atoms in total. The number of nitrogens with one attached hydrogen (secondary N) is 1. The van der Waals surface area contributed by atoms with Gasteiger partial charge in [0.05, 0.1) is 0 Å². The lowest BCUT2D eigenvalue weighted by Crippen LogP contribution is -2.44. The van der Waals surface area contributed by atoms with Crippen LogP contribution in [0, 0.1) is 0 Å². The van der Waals surface area contributed by atoms with E-state index in [0.29, 0.717) is 0 Å². The number of alkyl carbamates (subject to hydrolysis) is 1. The van der Waals surface area contributed by atoms with Gasteiger partial charge in [-0.2, -0.15) is 0 Å². The van der Waals surface area contributed by atoms with Gasteiger partial charge in [-0.25, -0.2) is 9.59 Å². The molecular weight excluding hydrogens is 190 g/mol. The lowest BCUT2D eigenvalue weighted by atomic mass is 10.2. The van der Waals surface area contributed by atoms with E-state index in [4.69, 9.17) is 9.84 Å². The predicted molar refractivity (Wildman–Crippen MR) is 47.8 cm³/mol. The molecule has 0 aromatic rings. The summed E-state index contributed by atoms with van der Waals surface area (Å²) in [6.07, 6.45) is -2.21. The third-order valence-corrected chi connectivity index (χ3v) is 1.11. The Morgan fingerprint density at radius 1 is 1.36 bits per heavy atom. The van der Waals surface area contributed by atoms with Crippen LogP contribution in [0.4, 0.5) is 4.79 Å².